The Kier molecular flexibility index (Phi) is 5.58. The zero-order chi connectivity index (χ0) is 15.4. The third-order valence-electron chi connectivity index (χ3n) is 5.09. The van der Waals surface area contributed by atoms with Gasteiger partial charge in [0.15, 0.2) is 5.78 Å². The number of ketones is 1. The zero-order valence-corrected chi connectivity index (χ0v) is 14.0. The molecule has 0 spiro atoms. The predicted octanol–water partition coefficient (Wildman–Crippen LogP) is 4.39. The van der Waals surface area contributed by atoms with Crippen molar-refractivity contribution in [3.63, 3.8) is 0 Å². The largest absolute Gasteiger partial charge is 0.296 e. The second-order valence-electron chi connectivity index (χ2n) is 6.74. The van der Waals surface area contributed by atoms with Crippen LogP contribution in [0.3, 0.4) is 0 Å². The molecule has 116 valence electrons. The van der Waals surface area contributed by atoms with Gasteiger partial charge in [-0.05, 0) is 58.1 Å². The Morgan fingerprint density at radius 3 is 2.43 bits per heavy atom. The summed E-state index contributed by atoms with van der Waals surface area (Å²) in [6.45, 7) is 6.94. The van der Waals surface area contributed by atoms with Crippen LogP contribution >= 0.6 is 0 Å². The highest BCUT2D eigenvalue weighted by Gasteiger charge is 2.24. The maximum absolute atomic E-state index is 12.5. The minimum Gasteiger partial charge on any atom is -0.296 e. The number of hydrogen-bond acceptors (Lipinski definition) is 2. The van der Waals surface area contributed by atoms with Crippen molar-refractivity contribution in [2.75, 3.05) is 13.6 Å². The second kappa shape index (κ2) is 7.22. The Morgan fingerprint density at radius 1 is 1.19 bits per heavy atom. The fraction of sp³-hybridized carbons (Fsp3) is 0.632. The number of rotatable bonds is 5. The molecule has 0 saturated heterocycles. The van der Waals surface area contributed by atoms with Gasteiger partial charge in [0.1, 0.15) is 0 Å². The van der Waals surface area contributed by atoms with Crippen LogP contribution in [0.25, 0.3) is 0 Å². The van der Waals surface area contributed by atoms with Crippen molar-refractivity contribution >= 4 is 5.78 Å². The van der Waals surface area contributed by atoms with Crippen LogP contribution in [0.5, 0.6) is 0 Å². The average Bonchev–Trinajstić information content (AvgIpc) is 2.47. The second-order valence-corrected chi connectivity index (χ2v) is 6.74. The van der Waals surface area contributed by atoms with Crippen molar-refractivity contribution in [2.24, 2.45) is 5.92 Å². The Balaban J connectivity index is 1.93. The lowest BCUT2D eigenvalue weighted by Gasteiger charge is -2.34. The number of carbonyl (C=O) groups excluding carboxylic acids is 1. The molecule has 1 aliphatic rings. The minimum atomic E-state index is 0.257. The Labute approximate surface area is 129 Å². The number of likely N-dealkylation sites (N-methyl/N-ethyl adjacent to an activating group) is 1. The molecule has 1 aromatic rings. The molecule has 1 aliphatic carbocycles. The molecule has 0 radical (unpaired) electrons. The number of carbonyl (C=O) groups is 1. The van der Waals surface area contributed by atoms with Gasteiger partial charge < -0.3 is 0 Å². The SMILES string of the molecule is CCC1CCC(N(C)CC(=O)c2ccc(C)cc2C)CC1. The molecule has 2 nitrogen and oxygen atoms in total. The maximum atomic E-state index is 12.5. The summed E-state index contributed by atoms with van der Waals surface area (Å²) in [5, 5.41) is 0. The Hall–Kier alpha value is -1.15. The van der Waals surface area contributed by atoms with E-state index < -0.39 is 0 Å². The summed E-state index contributed by atoms with van der Waals surface area (Å²) in [5.74, 6) is 1.16. The van der Waals surface area contributed by atoms with Gasteiger partial charge in [-0.3, -0.25) is 9.69 Å². The molecule has 1 saturated carbocycles. The smallest absolute Gasteiger partial charge is 0.177 e. The van der Waals surface area contributed by atoms with Crippen LogP contribution < -0.4 is 0 Å². The van der Waals surface area contributed by atoms with Crippen LogP contribution in [0.4, 0.5) is 0 Å². The number of nitrogens with zero attached hydrogens (tertiary/aromatic N) is 1. The van der Waals surface area contributed by atoms with E-state index in [2.05, 4.69) is 31.9 Å². The average molecular weight is 287 g/mol. The molecule has 21 heavy (non-hydrogen) atoms. The molecule has 0 bridgehead atoms. The summed E-state index contributed by atoms with van der Waals surface area (Å²) < 4.78 is 0. The predicted molar refractivity (Wildman–Crippen MR) is 88.9 cm³/mol. The molecular formula is C19H29NO. The van der Waals surface area contributed by atoms with Gasteiger partial charge in [-0.1, -0.05) is 37.1 Å². The lowest BCUT2D eigenvalue weighted by molar-refractivity contribution is 0.0884. The highest BCUT2D eigenvalue weighted by atomic mass is 16.1. The van der Waals surface area contributed by atoms with E-state index in [-0.39, 0.29) is 5.78 Å². The van der Waals surface area contributed by atoms with Crippen molar-refractivity contribution in [3.8, 4) is 0 Å². The highest BCUT2D eigenvalue weighted by molar-refractivity contribution is 5.98. The van der Waals surface area contributed by atoms with Crippen molar-refractivity contribution in [1.82, 2.24) is 4.90 Å². The Bertz CT molecular complexity index is 486. The van der Waals surface area contributed by atoms with Gasteiger partial charge in [-0.15, -0.1) is 0 Å². The van der Waals surface area contributed by atoms with Gasteiger partial charge in [0.2, 0.25) is 0 Å². The molecule has 0 atom stereocenters. The number of Topliss-reactive ketones (excluding diaryl/α,β-unsaturated/α-hetero) is 1. The molecule has 1 aromatic carbocycles. The lowest BCUT2D eigenvalue weighted by atomic mass is 9.84. The van der Waals surface area contributed by atoms with Gasteiger partial charge in [-0.2, -0.15) is 0 Å². The van der Waals surface area contributed by atoms with Gasteiger partial charge >= 0.3 is 0 Å². The van der Waals surface area contributed by atoms with E-state index in [1.165, 1.54) is 37.7 Å². The van der Waals surface area contributed by atoms with E-state index in [4.69, 9.17) is 0 Å². The third kappa shape index (κ3) is 4.16. The van der Waals surface area contributed by atoms with Gasteiger partial charge in [-0.25, -0.2) is 0 Å². The lowest BCUT2D eigenvalue weighted by Crippen LogP contribution is -2.38. The van der Waals surface area contributed by atoms with Crippen LogP contribution in [-0.2, 0) is 0 Å². The zero-order valence-electron chi connectivity index (χ0n) is 14.0. The van der Waals surface area contributed by atoms with Crippen LogP contribution in [0.2, 0.25) is 0 Å². The topological polar surface area (TPSA) is 20.3 Å². The van der Waals surface area contributed by atoms with Crippen LogP contribution in [0, 0.1) is 19.8 Å². The number of aryl methyl sites for hydroxylation is 2. The van der Waals surface area contributed by atoms with Crippen LogP contribution in [0.15, 0.2) is 18.2 Å². The molecule has 0 aromatic heterocycles. The summed E-state index contributed by atoms with van der Waals surface area (Å²) >= 11 is 0. The van der Waals surface area contributed by atoms with E-state index >= 15 is 0 Å². The quantitative estimate of drug-likeness (QED) is 0.749. The molecule has 0 N–H and O–H groups in total. The van der Waals surface area contributed by atoms with Gasteiger partial charge in [0, 0.05) is 11.6 Å². The molecule has 2 heteroatoms. The fourth-order valence-corrected chi connectivity index (χ4v) is 3.56. The minimum absolute atomic E-state index is 0.257. The van der Waals surface area contributed by atoms with E-state index in [0.29, 0.717) is 12.6 Å². The molecule has 0 amide bonds. The Morgan fingerprint density at radius 2 is 1.86 bits per heavy atom. The summed E-state index contributed by atoms with van der Waals surface area (Å²) in [4.78, 5) is 14.8. The first-order valence-corrected chi connectivity index (χ1v) is 8.32. The van der Waals surface area contributed by atoms with E-state index in [9.17, 15) is 4.79 Å². The normalized spacial score (nSPS) is 22.5. The summed E-state index contributed by atoms with van der Waals surface area (Å²) in [7, 11) is 2.11. The molecule has 0 unspecified atom stereocenters. The molecular weight excluding hydrogens is 258 g/mol. The van der Waals surface area contributed by atoms with Crippen molar-refractivity contribution in [2.45, 2.75) is 58.9 Å². The molecule has 2 rings (SSSR count). The van der Waals surface area contributed by atoms with Gasteiger partial charge in [0.25, 0.3) is 0 Å². The molecule has 0 aliphatic heterocycles. The van der Waals surface area contributed by atoms with E-state index in [0.717, 1.165) is 17.0 Å². The summed E-state index contributed by atoms with van der Waals surface area (Å²) in [6, 6.07) is 6.70. The maximum Gasteiger partial charge on any atom is 0.177 e. The number of hydrogen-bond donors (Lipinski definition) is 0. The van der Waals surface area contributed by atoms with Crippen molar-refractivity contribution in [1.29, 1.82) is 0 Å². The monoisotopic (exact) mass is 287 g/mol. The van der Waals surface area contributed by atoms with Crippen LogP contribution in [0.1, 0.15) is 60.5 Å². The first-order valence-electron chi connectivity index (χ1n) is 8.32. The fourth-order valence-electron chi connectivity index (χ4n) is 3.56. The van der Waals surface area contributed by atoms with Crippen molar-refractivity contribution in [3.05, 3.63) is 34.9 Å². The highest BCUT2D eigenvalue weighted by Crippen LogP contribution is 2.29. The standard InChI is InChI=1S/C19H29NO/c1-5-16-7-9-17(10-8-16)20(4)13-19(21)18-11-6-14(2)12-15(18)3/h6,11-12,16-17H,5,7-10,13H2,1-4H3. The molecule has 0 heterocycles. The van der Waals surface area contributed by atoms with E-state index in [1.54, 1.807) is 0 Å². The summed E-state index contributed by atoms with van der Waals surface area (Å²) in [5.41, 5.74) is 3.20. The third-order valence-corrected chi connectivity index (χ3v) is 5.09. The first-order chi connectivity index (χ1) is 10.0. The van der Waals surface area contributed by atoms with Crippen molar-refractivity contribution < 1.29 is 4.79 Å². The molecule has 1 fully saturated rings. The first kappa shape index (κ1) is 16.2. The van der Waals surface area contributed by atoms with Gasteiger partial charge in [0.05, 0.1) is 6.54 Å². The van der Waals surface area contributed by atoms with E-state index in [1.807, 2.05) is 19.1 Å². The summed E-state index contributed by atoms with van der Waals surface area (Å²) in [6.07, 6.45) is 6.44. The number of benzene rings is 1. The van der Waals surface area contributed by atoms with Crippen LogP contribution in [-0.4, -0.2) is 30.3 Å².